The first-order valence-electron chi connectivity index (χ1n) is 12.2. The lowest BCUT2D eigenvalue weighted by molar-refractivity contribution is -0.122. The number of benzene rings is 3. The van der Waals surface area contributed by atoms with Crippen molar-refractivity contribution in [3.63, 3.8) is 0 Å². The first-order valence-corrected chi connectivity index (χ1v) is 12.2. The van der Waals surface area contributed by atoms with E-state index in [9.17, 15) is 19.5 Å². The van der Waals surface area contributed by atoms with Crippen molar-refractivity contribution in [2.45, 2.75) is 25.7 Å². The van der Waals surface area contributed by atoms with Gasteiger partial charge in [0.25, 0.3) is 0 Å². The molecule has 1 atom stereocenters. The van der Waals surface area contributed by atoms with Gasteiger partial charge in [0, 0.05) is 54.0 Å². The summed E-state index contributed by atoms with van der Waals surface area (Å²) in [6.07, 6.45) is 1.90. The zero-order valence-corrected chi connectivity index (χ0v) is 19.8. The van der Waals surface area contributed by atoms with E-state index in [1.54, 1.807) is 30.3 Å². The molecule has 2 aliphatic rings. The van der Waals surface area contributed by atoms with Crippen molar-refractivity contribution in [2.75, 3.05) is 18.4 Å². The summed E-state index contributed by atoms with van der Waals surface area (Å²) < 4.78 is 0. The van der Waals surface area contributed by atoms with Crippen molar-refractivity contribution in [3.8, 4) is 16.9 Å². The Labute approximate surface area is 209 Å². The van der Waals surface area contributed by atoms with Crippen LogP contribution in [-0.2, 0) is 9.59 Å². The Hall–Kier alpha value is -4.26. The van der Waals surface area contributed by atoms with Crippen LogP contribution in [0, 0.1) is 5.92 Å². The Bertz CT molecular complexity index is 1360. The van der Waals surface area contributed by atoms with Crippen molar-refractivity contribution in [1.29, 1.82) is 0 Å². The number of phenols is 1. The fraction of sp³-hybridized carbons (Fsp3) is 0.241. The Morgan fingerprint density at radius 1 is 0.917 bits per heavy atom. The lowest BCUT2D eigenvalue weighted by Gasteiger charge is -2.12. The zero-order chi connectivity index (χ0) is 25.1. The third-order valence-corrected chi connectivity index (χ3v) is 6.62. The van der Waals surface area contributed by atoms with Crippen LogP contribution in [0.25, 0.3) is 11.1 Å². The summed E-state index contributed by atoms with van der Waals surface area (Å²) in [5.74, 6) is 0.149. The van der Waals surface area contributed by atoms with Crippen LogP contribution in [0.2, 0.25) is 0 Å². The average Bonchev–Trinajstić information content (AvgIpc) is 3.46. The van der Waals surface area contributed by atoms with Gasteiger partial charge in [0.1, 0.15) is 5.75 Å². The highest BCUT2D eigenvalue weighted by Gasteiger charge is 2.28. The van der Waals surface area contributed by atoms with E-state index in [0.717, 1.165) is 28.8 Å². The quantitative estimate of drug-likeness (QED) is 0.325. The molecule has 0 saturated carbocycles. The molecule has 1 unspecified atom stereocenters. The maximum atomic E-state index is 12.7. The van der Waals surface area contributed by atoms with Crippen LogP contribution in [0.15, 0.2) is 71.7 Å². The van der Waals surface area contributed by atoms with E-state index in [1.807, 2.05) is 36.4 Å². The van der Waals surface area contributed by atoms with E-state index in [1.165, 1.54) is 0 Å². The SMILES string of the molecule is O=C(CC1CN=C(c2ccc(O)cc2)C1)NCCCC(=O)Nc1cccc2c1-c1ccccc1C2=O. The van der Waals surface area contributed by atoms with Gasteiger partial charge in [-0.25, -0.2) is 0 Å². The molecular formula is C29H27N3O4. The maximum Gasteiger partial charge on any atom is 0.224 e. The number of phenolic OH excluding ortho intramolecular Hbond substituents is 1. The number of aliphatic imine (C=N–C) groups is 1. The molecular weight excluding hydrogens is 454 g/mol. The first-order chi connectivity index (χ1) is 17.5. The second-order valence-corrected chi connectivity index (χ2v) is 9.21. The summed E-state index contributed by atoms with van der Waals surface area (Å²) >= 11 is 0. The first kappa shape index (κ1) is 23.5. The molecule has 1 aliphatic carbocycles. The van der Waals surface area contributed by atoms with Gasteiger partial charge in [-0.1, -0.05) is 36.4 Å². The number of nitrogens with one attached hydrogen (secondary N) is 2. The Morgan fingerprint density at radius 3 is 2.47 bits per heavy atom. The molecule has 3 aromatic rings. The van der Waals surface area contributed by atoms with E-state index < -0.39 is 0 Å². The number of fused-ring (bicyclic) bond motifs is 3. The van der Waals surface area contributed by atoms with Gasteiger partial charge in [-0.05, 0) is 60.2 Å². The van der Waals surface area contributed by atoms with Gasteiger partial charge in [-0.2, -0.15) is 0 Å². The Morgan fingerprint density at radius 2 is 1.67 bits per heavy atom. The van der Waals surface area contributed by atoms with E-state index in [4.69, 9.17) is 0 Å². The van der Waals surface area contributed by atoms with Crippen LogP contribution in [0.1, 0.15) is 47.2 Å². The van der Waals surface area contributed by atoms with Crippen LogP contribution >= 0.6 is 0 Å². The predicted octanol–water partition coefficient (Wildman–Crippen LogP) is 4.34. The second kappa shape index (κ2) is 10.2. The van der Waals surface area contributed by atoms with E-state index in [2.05, 4.69) is 15.6 Å². The molecule has 0 radical (unpaired) electrons. The van der Waals surface area contributed by atoms with E-state index >= 15 is 0 Å². The van der Waals surface area contributed by atoms with Gasteiger partial charge < -0.3 is 15.7 Å². The number of carbonyl (C=O) groups is 3. The number of rotatable bonds is 8. The second-order valence-electron chi connectivity index (χ2n) is 9.21. The van der Waals surface area contributed by atoms with Gasteiger partial charge >= 0.3 is 0 Å². The number of amides is 2. The van der Waals surface area contributed by atoms with Crippen molar-refractivity contribution in [3.05, 3.63) is 83.4 Å². The van der Waals surface area contributed by atoms with Crippen molar-refractivity contribution in [1.82, 2.24) is 5.32 Å². The average molecular weight is 482 g/mol. The third kappa shape index (κ3) is 4.91. The standard InChI is InChI=1S/C29H27N3O4/c33-20-12-10-19(11-13-20)25-15-18(17-31-25)16-27(35)30-14-4-9-26(34)32-24-8-3-7-23-28(24)21-5-1-2-6-22(21)29(23)36/h1-3,5-8,10-13,18,33H,4,9,14-17H2,(H,30,35)(H,32,34). The van der Waals surface area contributed by atoms with Crippen LogP contribution in [0.4, 0.5) is 5.69 Å². The van der Waals surface area contributed by atoms with Crippen molar-refractivity contribution < 1.29 is 19.5 Å². The molecule has 2 amide bonds. The zero-order valence-electron chi connectivity index (χ0n) is 19.8. The van der Waals surface area contributed by atoms with Gasteiger partial charge in [-0.3, -0.25) is 19.4 Å². The normalized spacial score (nSPS) is 15.7. The Balaban J connectivity index is 1.06. The number of anilines is 1. The van der Waals surface area contributed by atoms with Crippen molar-refractivity contribution in [2.24, 2.45) is 10.9 Å². The van der Waals surface area contributed by atoms with Gasteiger partial charge in [0.15, 0.2) is 5.78 Å². The van der Waals surface area contributed by atoms with E-state index in [-0.39, 0.29) is 35.7 Å². The molecule has 182 valence electrons. The molecule has 0 aromatic heterocycles. The molecule has 0 fully saturated rings. The van der Waals surface area contributed by atoms with Gasteiger partial charge in [-0.15, -0.1) is 0 Å². The summed E-state index contributed by atoms with van der Waals surface area (Å²) in [4.78, 5) is 42.2. The molecule has 3 aromatic carbocycles. The minimum absolute atomic E-state index is 0.0257. The molecule has 0 saturated heterocycles. The highest BCUT2D eigenvalue weighted by atomic mass is 16.3. The summed E-state index contributed by atoms with van der Waals surface area (Å²) in [5, 5.41) is 15.3. The predicted molar refractivity (Wildman–Crippen MR) is 138 cm³/mol. The summed E-state index contributed by atoms with van der Waals surface area (Å²) in [7, 11) is 0. The lowest BCUT2D eigenvalue weighted by atomic mass is 9.98. The molecule has 0 spiro atoms. The Kier molecular flexibility index (Phi) is 6.62. The number of hydrogen-bond acceptors (Lipinski definition) is 5. The molecule has 1 heterocycles. The molecule has 7 heteroatoms. The minimum Gasteiger partial charge on any atom is -0.508 e. The highest BCUT2D eigenvalue weighted by molar-refractivity contribution is 6.24. The fourth-order valence-corrected chi connectivity index (χ4v) is 4.85. The molecule has 0 bridgehead atoms. The largest absolute Gasteiger partial charge is 0.508 e. The van der Waals surface area contributed by atoms with Crippen LogP contribution in [0.3, 0.4) is 0 Å². The fourth-order valence-electron chi connectivity index (χ4n) is 4.85. The smallest absolute Gasteiger partial charge is 0.224 e. The van der Waals surface area contributed by atoms with Crippen molar-refractivity contribution >= 4 is 29.0 Å². The summed E-state index contributed by atoms with van der Waals surface area (Å²) in [6, 6.07) is 19.7. The molecule has 36 heavy (non-hydrogen) atoms. The number of carbonyl (C=O) groups excluding carboxylic acids is 3. The lowest BCUT2D eigenvalue weighted by Crippen LogP contribution is -2.27. The highest BCUT2D eigenvalue weighted by Crippen LogP contribution is 2.41. The monoisotopic (exact) mass is 481 g/mol. The van der Waals surface area contributed by atoms with Crippen LogP contribution in [-0.4, -0.2) is 41.5 Å². The maximum absolute atomic E-state index is 12.7. The van der Waals surface area contributed by atoms with Gasteiger partial charge in [0.2, 0.25) is 11.8 Å². The van der Waals surface area contributed by atoms with Crippen LogP contribution in [0.5, 0.6) is 5.75 Å². The van der Waals surface area contributed by atoms with E-state index in [0.29, 0.717) is 42.7 Å². The topological polar surface area (TPSA) is 108 Å². The molecule has 5 rings (SSSR count). The van der Waals surface area contributed by atoms with Gasteiger partial charge in [0.05, 0.1) is 0 Å². The number of nitrogens with zero attached hydrogens (tertiary/aromatic N) is 1. The number of aromatic hydroxyl groups is 1. The third-order valence-electron chi connectivity index (χ3n) is 6.62. The van der Waals surface area contributed by atoms with Crippen LogP contribution < -0.4 is 10.6 Å². The molecule has 7 nitrogen and oxygen atoms in total. The number of hydrogen-bond donors (Lipinski definition) is 3. The number of ketones is 1. The minimum atomic E-state index is -0.155. The molecule has 3 N–H and O–H groups in total. The summed E-state index contributed by atoms with van der Waals surface area (Å²) in [6.45, 7) is 1.03. The summed E-state index contributed by atoms with van der Waals surface area (Å²) in [5.41, 5.74) is 5.42. The molecule has 1 aliphatic heterocycles.